The SMILES string of the molecule is O=C(CNC(=O)c1ccc(Cl)cc1)NNC(=O)c1cc(Br)c[nH]1. The van der Waals surface area contributed by atoms with Gasteiger partial charge in [-0.15, -0.1) is 0 Å². The van der Waals surface area contributed by atoms with Crippen LogP contribution in [0, 0.1) is 0 Å². The molecule has 120 valence electrons. The van der Waals surface area contributed by atoms with Crippen LogP contribution in [0.4, 0.5) is 0 Å². The van der Waals surface area contributed by atoms with Gasteiger partial charge in [0.25, 0.3) is 17.7 Å². The monoisotopic (exact) mass is 398 g/mol. The maximum atomic E-state index is 11.8. The number of benzene rings is 1. The van der Waals surface area contributed by atoms with E-state index in [2.05, 4.69) is 37.1 Å². The number of carbonyl (C=O) groups excluding carboxylic acids is 3. The number of nitrogens with one attached hydrogen (secondary N) is 4. The summed E-state index contributed by atoms with van der Waals surface area (Å²) in [5, 5.41) is 2.94. The van der Waals surface area contributed by atoms with E-state index in [1.807, 2.05) is 0 Å². The summed E-state index contributed by atoms with van der Waals surface area (Å²) in [7, 11) is 0. The molecule has 1 heterocycles. The second-order valence-corrected chi connectivity index (χ2v) is 5.78. The van der Waals surface area contributed by atoms with Gasteiger partial charge in [-0.1, -0.05) is 11.6 Å². The maximum absolute atomic E-state index is 11.8. The fourth-order valence-electron chi connectivity index (χ4n) is 1.60. The molecule has 23 heavy (non-hydrogen) atoms. The van der Waals surface area contributed by atoms with Gasteiger partial charge in [-0.3, -0.25) is 25.2 Å². The van der Waals surface area contributed by atoms with Crippen molar-refractivity contribution in [3.8, 4) is 0 Å². The average molecular weight is 400 g/mol. The molecule has 0 aliphatic heterocycles. The van der Waals surface area contributed by atoms with Crippen molar-refractivity contribution in [1.29, 1.82) is 0 Å². The normalized spacial score (nSPS) is 10.0. The van der Waals surface area contributed by atoms with Crippen LogP contribution >= 0.6 is 27.5 Å². The second kappa shape index (κ2) is 7.80. The van der Waals surface area contributed by atoms with E-state index < -0.39 is 17.7 Å². The highest BCUT2D eigenvalue weighted by molar-refractivity contribution is 9.10. The van der Waals surface area contributed by atoms with E-state index in [1.165, 1.54) is 0 Å². The Hall–Kier alpha value is -2.32. The first-order chi connectivity index (χ1) is 11.0. The van der Waals surface area contributed by atoms with Gasteiger partial charge in [0.15, 0.2) is 0 Å². The fourth-order valence-corrected chi connectivity index (χ4v) is 2.07. The van der Waals surface area contributed by atoms with E-state index in [-0.39, 0.29) is 12.2 Å². The number of carbonyl (C=O) groups is 3. The van der Waals surface area contributed by atoms with Gasteiger partial charge in [0, 0.05) is 21.3 Å². The zero-order valence-corrected chi connectivity index (χ0v) is 14.0. The van der Waals surface area contributed by atoms with E-state index in [1.54, 1.807) is 36.5 Å². The van der Waals surface area contributed by atoms with Crippen LogP contribution in [0.25, 0.3) is 0 Å². The lowest BCUT2D eigenvalue weighted by molar-refractivity contribution is -0.120. The first-order valence-corrected chi connectivity index (χ1v) is 7.59. The highest BCUT2D eigenvalue weighted by Crippen LogP contribution is 2.10. The molecule has 0 saturated heterocycles. The lowest BCUT2D eigenvalue weighted by atomic mass is 10.2. The quantitative estimate of drug-likeness (QED) is 0.587. The minimum atomic E-state index is -0.564. The molecule has 0 unspecified atom stereocenters. The number of hydrogen-bond donors (Lipinski definition) is 4. The molecule has 0 aliphatic rings. The van der Waals surface area contributed by atoms with Gasteiger partial charge in [0.1, 0.15) is 5.69 Å². The number of aromatic amines is 1. The lowest BCUT2D eigenvalue weighted by Crippen LogP contribution is -2.46. The number of rotatable bonds is 4. The molecule has 0 atom stereocenters. The van der Waals surface area contributed by atoms with Crippen molar-refractivity contribution < 1.29 is 14.4 Å². The van der Waals surface area contributed by atoms with Crippen LogP contribution in [0.5, 0.6) is 0 Å². The van der Waals surface area contributed by atoms with Crippen molar-refractivity contribution in [3.05, 3.63) is 57.3 Å². The zero-order chi connectivity index (χ0) is 16.8. The minimum Gasteiger partial charge on any atom is -0.356 e. The van der Waals surface area contributed by atoms with Crippen molar-refractivity contribution in [2.45, 2.75) is 0 Å². The molecule has 1 aromatic carbocycles. The van der Waals surface area contributed by atoms with Gasteiger partial charge in [-0.05, 0) is 46.3 Å². The molecule has 0 fully saturated rings. The second-order valence-electron chi connectivity index (χ2n) is 4.42. The minimum absolute atomic E-state index is 0.280. The third-order valence-corrected chi connectivity index (χ3v) is 3.43. The number of aromatic nitrogens is 1. The van der Waals surface area contributed by atoms with Crippen LogP contribution in [0.3, 0.4) is 0 Å². The summed E-state index contributed by atoms with van der Waals surface area (Å²) >= 11 is 8.92. The fraction of sp³-hybridized carbons (Fsp3) is 0.0714. The topological polar surface area (TPSA) is 103 Å². The Morgan fingerprint density at radius 2 is 1.78 bits per heavy atom. The summed E-state index contributed by atoms with van der Waals surface area (Å²) in [6.45, 7) is -0.282. The first-order valence-electron chi connectivity index (χ1n) is 6.42. The third kappa shape index (κ3) is 5.11. The van der Waals surface area contributed by atoms with Gasteiger partial charge in [-0.25, -0.2) is 0 Å². The average Bonchev–Trinajstić information content (AvgIpc) is 2.97. The predicted octanol–water partition coefficient (Wildman–Crippen LogP) is 1.62. The first kappa shape index (κ1) is 17.0. The molecule has 9 heteroatoms. The number of hydrazine groups is 1. The van der Waals surface area contributed by atoms with Crippen molar-refractivity contribution >= 4 is 45.3 Å². The smallest absolute Gasteiger partial charge is 0.286 e. The molecule has 0 radical (unpaired) electrons. The number of amides is 3. The van der Waals surface area contributed by atoms with E-state index in [4.69, 9.17) is 11.6 Å². The molecule has 3 amide bonds. The Balaban J connectivity index is 1.75. The molecule has 0 bridgehead atoms. The lowest BCUT2D eigenvalue weighted by Gasteiger charge is -2.08. The Labute approximate surface area is 144 Å². The summed E-state index contributed by atoms with van der Waals surface area (Å²) < 4.78 is 0.712. The molecule has 2 rings (SSSR count). The highest BCUT2D eigenvalue weighted by atomic mass is 79.9. The Morgan fingerprint density at radius 3 is 2.39 bits per heavy atom. The van der Waals surface area contributed by atoms with Crippen LogP contribution in [0.1, 0.15) is 20.8 Å². The van der Waals surface area contributed by atoms with Gasteiger partial charge in [-0.2, -0.15) is 0 Å². The van der Waals surface area contributed by atoms with Crippen LogP contribution in [-0.4, -0.2) is 29.3 Å². The number of H-pyrrole nitrogens is 1. The van der Waals surface area contributed by atoms with Crippen molar-refractivity contribution in [3.63, 3.8) is 0 Å². The van der Waals surface area contributed by atoms with Crippen molar-refractivity contribution in [2.75, 3.05) is 6.54 Å². The molecular weight excluding hydrogens is 388 g/mol. The van der Waals surface area contributed by atoms with Crippen LogP contribution in [0.15, 0.2) is 41.0 Å². The van der Waals surface area contributed by atoms with Gasteiger partial charge < -0.3 is 10.3 Å². The van der Waals surface area contributed by atoms with Gasteiger partial charge in [0.2, 0.25) is 0 Å². The van der Waals surface area contributed by atoms with E-state index in [0.29, 0.717) is 15.1 Å². The predicted molar refractivity (Wildman–Crippen MR) is 87.9 cm³/mol. The van der Waals surface area contributed by atoms with Crippen molar-refractivity contribution in [2.24, 2.45) is 0 Å². The molecule has 0 saturated carbocycles. The summed E-state index contributed by atoms with van der Waals surface area (Å²) in [6.07, 6.45) is 1.59. The third-order valence-electron chi connectivity index (χ3n) is 2.72. The maximum Gasteiger partial charge on any atom is 0.286 e. The zero-order valence-electron chi connectivity index (χ0n) is 11.7. The molecule has 1 aromatic heterocycles. The summed E-state index contributed by atoms with van der Waals surface area (Å²) in [5.74, 6) is -1.49. The Morgan fingerprint density at radius 1 is 1.09 bits per heavy atom. The largest absolute Gasteiger partial charge is 0.356 e. The molecule has 4 N–H and O–H groups in total. The molecule has 0 spiro atoms. The molecule has 7 nitrogen and oxygen atoms in total. The van der Waals surface area contributed by atoms with Crippen LogP contribution in [0.2, 0.25) is 5.02 Å². The van der Waals surface area contributed by atoms with Gasteiger partial charge >= 0.3 is 0 Å². The van der Waals surface area contributed by atoms with E-state index in [9.17, 15) is 14.4 Å². The van der Waals surface area contributed by atoms with Crippen molar-refractivity contribution in [1.82, 2.24) is 21.2 Å². The standard InChI is InChI=1S/C14H12BrClN4O3/c15-9-5-11(17-6-9)14(23)20-19-12(21)7-18-13(22)8-1-3-10(16)4-2-8/h1-6,17H,7H2,(H,18,22)(H,19,21)(H,20,23). The molecule has 2 aromatic rings. The number of halogens is 2. The Kier molecular flexibility index (Phi) is 5.78. The summed E-state index contributed by atoms with van der Waals surface area (Å²) in [6, 6.07) is 7.79. The highest BCUT2D eigenvalue weighted by Gasteiger charge is 2.11. The van der Waals surface area contributed by atoms with Crippen LogP contribution in [-0.2, 0) is 4.79 Å². The van der Waals surface area contributed by atoms with E-state index in [0.717, 1.165) is 0 Å². The van der Waals surface area contributed by atoms with Crippen LogP contribution < -0.4 is 16.2 Å². The molecule has 0 aliphatic carbocycles. The molecular formula is C14H12BrClN4O3. The Bertz CT molecular complexity index is 730. The summed E-state index contributed by atoms with van der Waals surface area (Å²) in [5.41, 5.74) is 5.08. The number of hydrogen-bond acceptors (Lipinski definition) is 3. The van der Waals surface area contributed by atoms with E-state index >= 15 is 0 Å². The van der Waals surface area contributed by atoms with Gasteiger partial charge in [0.05, 0.1) is 6.54 Å². The summed E-state index contributed by atoms with van der Waals surface area (Å²) in [4.78, 5) is 37.8.